The molecule has 4 rings (SSSR count). The smallest absolute Gasteiger partial charge is 0.273 e. The van der Waals surface area contributed by atoms with Crippen LogP contribution in [0.3, 0.4) is 0 Å². The van der Waals surface area contributed by atoms with Crippen LogP contribution in [0.15, 0.2) is 42.5 Å². The van der Waals surface area contributed by atoms with Crippen molar-refractivity contribution in [1.82, 2.24) is 20.1 Å². The number of anilines is 2. The Morgan fingerprint density at radius 1 is 1.03 bits per heavy atom. The Balaban J connectivity index is 1.55. The third-order valence-electron chi connectivity index (χ3n) is 5.45. The van der Waals surface area contributed by atoms with Gasteiger partial charge in [0.25, 0.3) is 5.91 Å². The van der Waals surface area contributed by atoms with E-state index >= 15 is 0 Å². The fourth-order valence-corrected chi connectivity index (χ4v) is 3.75. The standard InChI is InChI=1S/C23H27N5O4/c29-21-15-27(13-11-24-21)22(30)16-28-12-4-1-5-14-32-19-9-3-2-7-17(19)25-20-10-6-8-18(26-20)23(28)31/h2-3,6-10H,1,4-5,11-16H2,(H,24,29)(H,25,26). The van der Waals surface area contributed by atoms with E-state index < -0.39 is 0 Å². The molecule has 1 aromatic heterocycles. The highest BCUT2D eigenvalue weighted by molar-refractivity contribution is 5.96. The Kier molecular flexibility index (Phi) is 6.84. The molecule has 2 aliphatic rings. The number of hydrogen-bond acceptors (Lipinski definition) is 6. The first kappa shape index (κ1) is 21.6. The minimum Gasteiger partial charge on any atom is -0.491 e. The lowest BCUT2D eigenvalue weighted by atomic mass is 10.2. The van der Waals surface area contributed by atoms with Crippen LogP contribution in [0.1, 0.15) is 29.8 Å². The Hall–Kier alpha value is -3.62. The number of aromatic nitrogens is 1. The van der Waals surface area contributed by atoms with Crippen LogP contribution in [0.5, 0.6) is 5.75 Å². The van der Waals surface area contributed by atoms with E-state index in [4.69, 9.17) is 4.74 Å². The van der Waals surface area contributed by atoms with Crippen molar-refractivity contribution in [1.29, 1.82) is 0 Å². The van der Waals surface area contributed by atoms with Gasteiger partial charge in [-0.25, -0.2) is 4.98 Å². The lowest BCUT2D eigenvalue weighted by molar-refractivity contribution is -0.138. The van der Waals surface area contributed by atoms with Crippen LogP contribution in [0, 0.1) is 0 Å². The number of pyridine rings is 1. The quantitative estimate of drug-likeness (QED) is 0.743. The number of carbonyl (C=O) groups excluding carboxylic acids is 3. The molecule has 3 amide bonds. The topological polar surface area (TPSA) is 104 Å². The van der Waals surface area contributed by atoms with Crippen molar-refractivity contribution in [3.8, 4) is 5.75 Å². The largest absolute Gasteiger partial charge is 0.491 e. The molecule has 9 heteroatoms. The summed E-state index contributed by atoms with van der Waals surface area (Å²) in [6.07, 6.45) is 2.43. The summed E-state index contributed by atoms with van der Waals surface area (Å²) in [5.41, 5.74) is 1.03. The lowest BCUT2D eigenvalue weighted by Gasteiger charge is -2.30. The van der Waals surface area contributed by atoms with Crippen molar-refractivity contribution < 1.29 is 19.1 Å². The second kappa shape index (κ2) is 10.1. The molecule has 0 aliphatic carbocycles. The summed E-state index contributed by atoms with van der Waals surface area (Å²) in [5.74, 6) is 0.535. The molecule has 2 aromatic rings. The van der Waals surface area contributed by atoms with Crippen LogP contribution in [0.25, 0.3) is 0 Å². The van der Waals surface area contributed by atoms with Crippen molar-refractivity contribution in [3.63, 3.8) is 0 Å². The number of piperazine rings is 1. The first-order valence-corrected chi connectivity index (χ1v) is 10.9. The number of nitrogens with one attached hydrogen (secondary N) is 2. The van der Waals surface area contributed by atoms with E-state index in [9.17, 15) is 14.4 Å². The van der Waals surface area contributed by atoms with Crippen molar-refractivity contribution in [3.05, 3.63) is 48.2 Å². The van der Waals surface area contributed by atoms with Gasteiger partial charge in [0.1, 0.15) is 23.8 Å². The van der Waals surface area contributed by atoms with Crippen molar-refractivity contribution in [2.75, 3.05) is 44.6 Å². The Morgan fingerprint density at radius 2 is 1.91 bits per heavy atom. The zero-order chi connectivity index (χ0) is 22.3. The minimum absolute atomic E-state index is 0.0231. The summed E-state index contributed by atoms with van der Waals surface area (Å²) >= 11 is 0. The molecule has 3 heterocycles. The fourth-order valence-electron chi connectivity index (χ4n) is 3.75. The van der Waals surface area contributed by atoms with Gasteiger partial charge in [-0.05, 0) is 43.5 Å². The van der Waals surface area contributed by atoms with E-state index in [1.54, 1.807) is 18.2 Å². The number of hydrogen-bond donors (Lipinski definition) is 2. The van der Waals surface area contributed by atoms with Crippen molar-refractivity contribution >= 4 is 29.2 Å². The number of para-hydroxylation sites is 2. The maximum atomic E-state index is 13.3. The highest BCUT2D eigenvalue weighted by Crippen LogP contribution is 2.27. The van der Waals surface area contributed by atoms with Crippen LogP contribution >= 0.6 is 0 Å². The average Bonchev–Trinajstić information content (AvgIpc) is 2.80. The van der Waals surface area contributed by atoms with Gasteiger partial charge in [-0.2, -0.15) is 0 Å². The number of benzene rings is 1. The summed E-state index contributed by atoms with van der Waals surface area (Å²) in [7, 11) is 0. The second-order valence-electron chi connectivity index (χ2n) is 7.83. The van der Waals surface area contributed by atoms with Gasteiger partial charge in [0, 0.05) is 19.6 Å². The lowest BCUT2D eigenvalue weighted by Crippen LogP contribution is -2.53. The highest BCUT2D eigenvalue weighted by Gasteiger charge is 2.26. The summed E-state index contributed by atoms with van der Waals surface area (Å²) in [6.45, 7) is 1.80. The minimum atomic E-state index is -0.301. The molecule has 0 saturated carbocycles. The maximum Gasteiger partial charge on any atom is 0.273 e. The van der Waals surface area contributed by atoms with Gasteiger partial charge in [-0.3, -0.25) is 14.4 Å². The van der Waals surface area contributed by atoms with Gasteiger partial charge in [0.2, 0.25) is 11.8 Å². The Morgan fingerprint density at radius 3 is 2.78 bits per heavy atom. The second-order valence-corrected chi connectivity index (χ2v) is 7.83. The van der Waals surface area contributed by atoms with Crippen LogP contribution in [0.2, 0.25) is 0 Å². The molecule has 0 unspecified atom stereocenters. The van der Waals surface area contributed by atoms with Crippen molar-refractivity contribution in [2.24, 2.45) is 0 Å². The van der Waals surface area contributed by atoms with Gasteiger partial charge >= 0.3 is 0 Å². The molecule has 9 nitrogen and oxygen atoms in total. The van der Waals surface area contributed by atoms with E-state index in [-0.39, 0.29) is 36.5 Å². The summed E-state index contributed by atoms with van der Waals surface area (Å²) in [4.78, 5) is 45.2. The van der Waals surface area contributed by atoms with Gasteiger partial charge in [-0.1, -0.05) is 18.2 Å². The van der Waals surface area contributed by atoms with Crippen LogP contribution < -0.4 is 15.4 Å². The van der Waals surface area contributed by atoms with E-state index in [1.165, 1.54) is 9.80 Å². The first-order chi connectivity index (χ1) is 15.6. The molecular formula is C23H27N5O4. The normalized spacial score (nSPS) is 17.4. The van der Waals surface area contributed by atoms with E-state index in [2.05, 4.69) is 15.6 Å². The predicted molar refractivity (Wildman–Crippen MR) is 119 cm³/mol. The molecule has 2 N–H and O–H groups in total. The Labute approximate surface area is 186 Å². The monoisotopic (exact) mass is 437 g/mol. The molecule has 0 spiro atoms. The van der Waals surface area contributed by atoms with Crippen molar-refractivity contribution in [2.45, 2.75) is 19.3 Å². The van der Waals surface area contributed by atoms with Crippen LogP contribution in [-0.4, -0.2) is 71.8 Å². The van der Waals surface area contributed by atoms with E-state index in [1.807, 2.05) is 24.3 Å². The highest BCUT2D eigenvalue weighted by atomic mass is 16.5. The number of fused-ring (bicyclic) bond motifs is 3. The number of nitrogens with zero attached hydrogens (tertiary/aromatic N) is 3. The molecule has 1 fully saturated rings. The zero-order valence-electron chi connectivity index (χ0n) is 17.9. The van der Waals surface area contributed by atoms with Crippen LogP contribution in [-0.2, 0) is 9.59 Å². The summed E-state index contributed by atoms with van der Waals surface area (Å²) in [6, 6.07) is 12.8. The third-order valence-corrected chi connectivity index (χ3v) is 5.45. The van der Waals surface area contributed by atoms with E-state index in [0.717, 1.165) is 30.7 Å². The molecular weight excluding hydrogens is 410 g/mol. The molecule has 32 heavy (non-hydrogen) atoms. The number of rotatable bonds is 2. The molecule has 1 saturated heterocycles. The molecule has 1 aromatic carbocycles. The fraction of sp³-hybridized carbons (Fsp3) is 0.391. The number of amides is 3. The molecule has 2 aliphatic heterocycles. The van der Waals surface area contributed by atoms with Gasteiger partial charge in [0.15, 0.2) is 0 Å². The first-order valence-electron chi connectivity index (χ1n) is 10.9. The van der Waals surface area contributed by atoms with E-state index in [0.29, 0.717) is 32.1 Å². The van der Waals surface area contributed by atoms with Crippen LogP contribution in [0.4, 0.5) is 11.5 Å². The Bertz CT molecular complexity index is 996. The molecule has 0 radical (unpaired) electrons. The number of ether oxygens (including phenoxy) is 1. The average molecular weight is 438 g/mol. The van der Waals surface area contributed by atoms with Gasteiger partial charge in [0.05, 0.1) is 18.8 Å². The third kappa shape index (κ3) is 5.35. The van der Waals surface area contributed by atoms with Gasteiger partial charge < -0.3 is 25.2 Å². The molecule has 2 bridgehead atoms. The van der Waals surface area contributed by atoms with Gasteiger partial charge in [-0.15, -0.1) is 0 Å². The molecule has 0 atom stereocenters. The zero-order valence-corrected chi connectivity index (χ0v) is 17.9. The predicted octanol–water partition coefficient (Wildman–Crippen LogP) is 1.79. The number of carbonyl (C=O) groups is 3. The SMILES string of the molecule is O=C1CN(C(=O)CN2CCCCCOc3ccccc3Nc3cccc(n3)C2=O)CCN1. The molecule has 168 valence electrons. The maximum absolute atomic E-state index is 13.3. The summed E-state index contributed by atoms with van der Waals surface area (Å²) < 4.78 is 5.94. The summed E-state index contributed by atoms with van der Waals surface area (Å²) in [5, 5.41) is 5.93.